The summed E-state index contributed by atoms with van der Waals surface area (Å²) < 4.78 is 52.2. The fourth-order valence-electron chi connectivity index (χ4n) is 1.86. The van der Waals surface area contributed by atoms with E-state index in [1.807, 2.05) is 0 Å². The molecule has 1 aromatic carbocycles. The number of hydrazine groups is 1. The lowest BCUT2D eigenvalue weighted by molar-refractivity contribution is -0.140. The number of alkyl halides is 3. The number of halogens is 6. The maximum absolute atomic E-state index is 13.3. The van der Waals surface area contributed by atoms with Crippen LogP contribution in [-0.4, -0.2) is 0 Å². The van der Waals surface area contributed by atoms with Gasteiger partial charge in [0, 0.05) is 5.56 Å². The Bertz CT molecular complexity index is 657. The first-order valence-electron chi connectivity index (χ1n) is 5.51. The van der Waals surface area contributed by atoms with Gasteiger partial charge in [0.15, 0.2) is 0 Å². The Hall–Kier alpha value is -0.860. The molecule has 0 saturated heterocycles. The van der Waals surface area contributed by atoms with Gasteiger partial charge in [-0.15, -0.1) is 11.3 Å². The van der Waals surface area contributed by atoms with Crippen LogP contribution in [0.5, 0.6) is 0 Å². The number of hydrogen-bond acceptors (Lipinski definition) is 3. The van der Waals surface area contributed by atoms with Gasteiger partial charge in [-0.1, -0.05) is 29.3 Å². The van der Waals surface area contributed by atoms with Crippen molar-refractivity contribution in [3.05, 3.63) is 55.4 Å². The van der Waals surface area contributed by atoms with Crippen LogP contribution in [-0.2, 0) is 6.18 Å². The average molecular weight is 359 g/mol. The van der Waals surface area contributed by atoms with Gasteiger partial charge >= 0.3 is 6.18 Å². The predicted octanol–water partition coefficient (Wildman–Crippen LogP) is 4.77. The fraction of sp³-hybridized carbons (Fsp3) is 0.167. The van der Waals surface area contributed by atoms with Crippen LogP contribution in [0.3, 0.4) is 0 Å². The smallest absolute Gasteiger partial charge is 0.271 e. The molecule has 0 saturated carbocycles. The summed E-state index contributed by atoms with van der Waals surface area (Å²) in [6.07, 6.45) is -4.80. The molecule has 0 amide bonds. The zero-order chi connectivity index (χ0) is 15.8. The SMILES string of the molecule is NNC(c1ccc(F)c(C(F)(F)F)c1)c1cc(Cl)sc1Cl. The van der Waals surface area contributed by atoms with Crippen molar-refractivity contribution < 1.29 is 17.6 Å². The predicted molar refractivity (Wildman–Crippen MR) is 74.9 cm³/mol. The molecule has 9 heteroatoms. The number of thiophene rings is 1. The van der Waals surface area contributed by atoms with Gasteiger partial charge in [0.05, 0.1) is 20.3 Å². The third kappa shape index (κ3) is 3.49. The summed E-state index contributed by atoms with van der Waals surface area (Å²) in [6, 6.07) is 3.31. The Morgan fingerprint density at radius 2 is 1.86 bits per heavy atom. The highest BCUT2D eigenvalue weighted by Crippen LogP contribution is 2.39. The molecule has 0 aliphatic heterocycles. The van der Waals surface area contributed by atoms with Crippen LogP contribution >= 0.6 is 34.5 Å². The number of nitrogens with one attached hydrogen (secondary N) is 1. The van der Waals surface area contributed by atoms with E-state index in [0.29, 0.717) is 20.3 Å². The summed E-state index contributed by atoms with van der Waals surface area (Å²) in [5.41, 5.74) is 1.55. The summed E-state index contributed by atoms with van der Waals surface area (Å²) in [6.45, 7) is 0. The molecule has 3 N–H and O–H groups in total. The van der Waals surface area contributed by atoms with E-state index in [2.05, 4.69) is 5.43 Å². The second-order valence-corrected chi connectivity index (χ2v) is 6.40. The average Bonchev–Trinajstić information content (AvgIpc) is 2.70. The Labute approximate surface area is 131 Å². The summed E-state index contributed by atoms with van der Waals surface area (Å²) >= 11 is 12.8. The molecule has 1 unspecified atom stereocenters. The molecule has 0 aliphatic carbocycles. The van der Waals surface area contributed by atoms with Crippen molar-refractivity contribution in [1.29, 1.82) is 0 Å². The Morgan fingerprint density at radius 1 is 1.19 bits per heavy atom. The van der Waals surface area contributed by atoms with E-state index in [9.17, 15) is 17.6 Å². The van der Waals surface area contributed by atoms with Gasteiger partial charge < -0.3 is 0 Å². The first kappa shape index (κ1) is 16.5. The maximum Gasteiger partial charge on any atom is 0.419 e. The monoisotopic (exact) mass is 358 g/mol. The molecule has 2 aromatic rings. The molecule has 0 bridgehead atoms. The van der Waals surface area contributed by atoms with Crippen molar-refractivity contribution in [2.75, 3.05) is 0 Å². The molecule has 0 radical (unpaired) electrons. The van der Waals surface area contributed by atoms with Crippen LogP contribution in [0.2, 0.25) is 8.67 Å². The lowest BCUT2D eigenvalue weighted by Gasteiger charge is -2.18. The molecule has 21 heavy (non-hydrogen) atoms. The lowest BCUT2D eigenvalue weighted by atomic mass is 9.99. The van der Waals surface area contributed by atoms with Crippen LogP contribution in [0.15, 0.2) is 24.3 Å². The third-order valence-corrected chi connectivity index (χ3v) is 4.31. The topological polar surface area (TPSA) is 38.0 Å². The van der Waals surface area contributed by atoms with E-state index in [4.69, 9.17) is 29.0 Å². The van der Waals surface area contributed by atoms with E-state index in [1.54, 1.807) is 0 Å². The Balaban J connectivity index is 2.51. The van der Waals surface area contributed by atoms with Crippen molar-refractivity contribution in [2.45, 2.75) is 12.2 Å². The zero-order valence-electron chi connectivity index (χ0n) is 10.1. The molecule has 1 atom stereocenters. The van der Waals surface area contributed by atoms with Crippen molar-refractivity contribution in [3.63, 3.8) is 0 Å². The Morgan fingerprint density at radius 3 is 2.33 bits per heavy atom. The molecular formula is C12H8Cl2F4N2S. The quantitative estimate of drug-likeness (QED) is 0.471. The normalized spacial score (nSPS) is 13.5. The van der Waals surface area contributed by atoms with Crippen molar-refractivity contribution in [2.24, 2.45) is 5.84 Å². The van der Waals surface area contributed by atoms with E-state index >= 15 is 0 Å². The zero-order valence-corrected chi connectivity index (χ0v) is 12.5. The van der Waals surface area contributed by atoms with Gasteiger partial charge in [-0.3, -0.25) is 5.84 Å². The van der Waals surface area contributed by atoms with Crippen LogP contribution in [0.1, 0.15) is 22.7 Å². The maximum atomic E-state index is 13.3. The molecule has 1 heterocycles. The largest absolute Gasteiger partial charge is 0.419 e. The number of benzene rings is 1. The lowest BCUT2D eigenvalue weighted by Crippen LogP contribution is -2.29. The first-order chi connectivity index (χ1) is 9.74. The molecule has 0 fully saturated rings. The highest BCUT2D eigenvalue weighted by molar-refractivity contribution is 7.20. The van der Waals surface area contributed by atoms with Gasteiger partial charge in [-0.25, -0.2) is 9.82 Å². The van der Waals surface area contributed by atoms with Gasteiger partial charge in [-0.05, 0) is 23.8 Å². The fourth-order valence-corrected chi connectivity index (χ4v) is 3.39. The van der Waals surface area contributed by atoms with E-state index in [1.165, 1.54) is 12.1 Å². The van der Waals surface area contributed by atoms with Crippen LogP contribution in [0.4, 0.5) is 17.6 Å². The molecular weight excluding hydrogens is 351 g/mol. The van der Waals surface area contributed by atoms with Crippen LogP contribution in [0.25, 0.3) is 0 Å². The Kier molecular flexibility index (Phi) is 4.79. The standard InChI is InChI=1S/C12H8Cl2F4N2S/c13-9-4-6(11(14)21-9)10(20-19)5-1-2-8(15)7(3-5)12(16,17)18/h1-4,10,20H,19H2. The minimum absolute atomic E-state index is 0.127. The molecule has 1 aromatic heterocycles. The highest BCUT2D eigenvalue weighted by Gasteiger charge is 2.35. The van der Waals surface area contributed by atoms with Crippen molar-refractivity contribution in [1.82, 2.24) is 5.43 Å². The van der Waals surface area contributed by atoms with Gasteiger partial charge in [0.25, 0.3) is 0 Å². The van der Waals surface area contributed by atoms with Gasteiger partial charge in [0.2, 0.25) is 0 Å². The second-order valence-electron chi connectivity index (χ2n) is 4.12. The summed E-state index contributed by atoms with van der Waals surface area (Å²) in [5, 5.41) is 0. The summed E-state index contributed by atoms with van der Waals surface area (Å²) in [4.78, 5) is 0. The second kappa shape index (κ2) is 6.10. The highest BCUT2D eigenvalue weighted by atomic mass is 35.5. The van der Waals surface area contributed by atoms with E-state index in [0.717, 1.165) is 17.4 Å². The molecule has 0 aliphatic rings. The summed E-state index contributed by atoms with van der Waals surface area (Å²) in [7, 11) is 0. The minimum Gasteiger partial charge on any atom is -0.271 e. The number of rotatable bonds is 3. The number of nitrogens with two attached hydrogens (primary N) is 1. The molecule has 114 valence electrons. The number of hydrogen-bond donors (Lipinski definition) is 2. The van der Waals surface area contributed by atoms with Crippen LogP contribution < -0.4 is 11.3 Å². The summed E-state index contributed by atoms with van der Waals surface area (Å²) in [5.74, 6) is 4.04. The molecule has 2 rings (SSSR count). The van der Waals surface area contributed by atoms with Gasteiger partial charge in [0.1, 0.15) is 5.82 Å². The van der Waals surface area contributed by atoms with Crippen molar-refractivity contribution >= 4 is 34.5 Å². The van der Waals surface area contributed by atoms with E-state index < -0.39 is 23.6 Å². The van der Waals surface area contributed by atoms with E-state index in [-0.39, 0.29) is 5.56 Å². The van der Waals surface area contributed by atoms with Gasteiger partial charge in [-0.2, -0.15) is 13.2 Å². The third-order valence-electron chi connectivity index (χ3n) is 2.79. The molecule has 2 nitrogen and oxygen atoms in total. The van der Waals surface area contributed by atoms with Crippen molar-refractivity contribution in [3.8, 4) is 0 Å². The van der Waals surface area contributed by atoms with Crippen LogP contribution in [0, 0.1) is 5.82 Å². The minimum atomic E-state index is -4.80. The first-order valence-corrected chi connectivity index (χ1v) is 7.08. The molecule has 0 spiro atoms.